The molecule has 14 aliphatic rings. The minimum absolute atomic E-state index is 0.0241. The number of hydrogen-bond acceptors (Lipinski definition) is 24. The first kappa shape index (κ1) is 109. The normalized spacial score (nSPS) is 31.3. The lowest BCUT2D eigenvalue weighted by molar-refractivity contribution is -0.218. The Morgan fingerprint density at radius 3 is 1.23 bits per heavy atom. The highest BCUT2D eigenvalue weighted by atomic mass is 32.2. The minimum Gasteiger partial charge on any atom is -0.481 e. The van der Waals surface area contributed by atoms with Crippen molar-refractivity contribution in [3.63, 3.8) is 0 Å². The average molecular weight is 1870 g/mol. The molecule has 0 heterocycles. The van der Waals surface area contributed by atoms with Crippen LogP contribution in [-0.2, 0) is 115 Å². The lowest BCUT2D eigenvalue weighted by Crippen LogP contribution is -2.59. The van der Waals surface area contributed by atoms with Gasteiger partial charge in [0.2, 0.25) is 10.0 Å². The summed E-state index contributed by atoms with van der Waals surface area (Å²) in [5.74, 6) is 1.29. The fraction of sp³-hybridized carbons (Fsp3) is 0.882. The molecule has 734 valence electrons. The van der Waals surface area contributed by atoms with Crippen LogP contribution in [0.3, 0.4) is 0 Å². The van der Waals surface area contributed by atoms with Crippen LogP contribution in [-0.4, -0.2) is 197 Å². The molecule has 0 aromatic rings. The first-order valence-electron chi connectivity index (χ1n) is 46.7. The number of rotatable bonds is 37. The summed E-state index contributed by atoms with van der Waals surface area (Å²) in [4.78, 5) is 129. The number of halogens is 3. The Balaban J connectivity index is 0.000000212. The second-order valence-electron chi connectivity index (χ2n) is 42.5. The number of carbonyl (C=O) groups is 11. The van der Waals surface area contributed by atoms with E-state index in [1.165, 1.54) is 11.1 Å². The van der Waals surface area contributed by atoms with Crippen LogP contribution >= 0.6 is 0 Å². The standard InChI is InChI=1S/C20H30O6.2C19H30O5.C17H26O4.C9H16F3NO4S.C9H19NO4S/c1-4-20(2,3)19(24)25-6-5-17(21)26-16-10-11-7-15(16)14-9-12(18(22)23)8-13(11)14;1-4-18(2,3)17(22)24-16-13-7-12-8-14(16)11-19(9-12,10-13)23-6-5-15(20)21;1-4-19(2,3)18(22)24-15-10-11-9-13(15)17-12(11)5-6-14(17)23-8-7-16(20)21;1-4-16(2,3)15(20)21-13-11-5-10-6-12(13)9-17(7-10,8-11)14(18)19;1-4-8(2,3)7(14)17-6-5-13-18(15,16)9(10,11)12;1-5-9(2,3)8(11)14-7-6-10-15(4,12)13/h11-16H,4-10H2,1-3H3,(H,22,23);12-14,16H,4-11H2,1-3H3,(H,20,21);11-15,17H,4-10H2,1-3H3,(H,20,21);10-13H,4-9H2,1-3H3,(H,18,19);13H,4-6H2,1-3H3;10H,5-7H2,1-4H3. The number of esters is 7. The van der Waals surface area contributed by atoms with Crippen molar-refractivity contribution < 1.29 is 146 Å². The van der Waals surface area contributed by atoms with Crippen molar-refractivity contribution in [2.45, 2.75) is 340 Å². The minimum atomic E-state index is -5.38. The van der Waals surface area contributed by atoms with Crippen LogP contribution in [0.25, 0.3) is 0 Å². The van der Waals surface area contributed by atoms with Crippen LogP contribution in [0.5, 0.6) is 0 Å². The number of carboxylic acids is 4. The third kappa shape index (κ3) is 28.2. The average Bonchev–Trinajstić information content (AvgIpc) is 0.969. The van der Waals surface area contributed by atoms with E-state index in [1.54, 1.807) is 34.6 Å². The van der Waals surface area contributed by atoms with Gasteiger partial charge in [0, 0.05) is 19.0 Å². The van der Waals surface area contributed by atoms with Gasteiger partial charge in [-0.15, -0.1) is 0 Å². The van der Waals surface area contributed by atoms with E-state index in [-0.39, 0.29) is 142 Å². The van der Waals surface area contributed by atoms with Crippen molar-refractivity contribution in [1.29, 1.82) is 0 Å². The van der Waals surface area contributed by atoms with Gasteiger partial charge in [0.05, 0.1) is 94.3 Å². The van der Waals surface area contributed by atoms with Crippen molar-refractivity contribution >= 4 is 85.7 Å². The molecule has 14 rings (SSSR count). The van der Waals surface area contributed by atoms with Crippen molar-refractivity contribution in [3.8, 4) is 0 Å². The molecule has 14 aliphatic carbocycles. The maximum atomic E-state index is 12.5. The van der Waals surface area contributed by atoms with Gasteiger partial charge < -0.3 is 63.1 Å². The summed E-state index contributed by atoms with van der Waals surface area (Å²) in [6, 6.07) is 0. The Bertz CT molecular complexity index is 4060. The molecule has 16 atom stereocenters. The number of ether oxygens (including phenoxy) is 9. The predicted molar refractivity (Wildman–Crippen MR) is 463 cm³/mol. The number of carboxylic acid groups (broad SMARTS) is 4. The van der Waals surface area contributed by atoms with Crippen LogP contribution in [0.1, 0.15) is 298 Å². The van der Waals surface area contributed by atoms with Crippen molar-refractivity contribution in [3.05, 3.63) is 0 Å². The van der Waals surface area contributed by atoms with E-state index >= 15 is 0 Å². The zero-order valence-electron chi connectivity index (χ0n) is 79.1. The van der Waals surface area contributed by atoms with Gasteiger partial charge in [0.25, 0.3) is 0 Å². The molecule has 6 N–H and O–H groups in total. The van der Waals surface area contributed by atoms with Gasteiger partial charge in [0.15, 0.2) is 0 Å². The maximum absolute atomic E-state index is 12.5. The van der Waals surface area contributed by atoms with Crippen LogP contribution in [0.4, 0.5) is 13.2 Å². The lowest BCUT2D eigenvalue weighted by Gasteiger charge is -2.59. The van der Waals surface area contributed by atoms with Gasteiger partial charge in [-0.3, -0.25) is 52.7 Å². The number of hydrogen-bond donors (Lipinski definition) is 6. The zero-order chi connectivity index (χ0) is 96.2. The monoisotopic (exact) mass is 1860 g/mol. The number of nitrogens with one attached hydrogen (secondary N) is 2. The number of fused-ring (bicyclic) bond motifs is 10. The Hall–Kier alpha value is -6.30. The summed E-state index contributed by atoms with van der Waals surface area (Å²) in [6.07, 6.45) is 22.6. The van der Waals surface area contributed by atoms with Crippen LogP contribution in [0.15, 0.2) is 0 Å². The molecular weight excluding hydrogens is 1710 g/mol. The summed E-state index contributed by atoms with van der Waals surface area (Å²) in [6.45, 7) is 33.4. The molecule has 12 bridgehead atoms. The predicted octanol–water partition coefficient (Wildman–Crippen LogP) is 14.9. The smallest absolute Gasteiger partial charge is 0.481 e. The number of sulfonamides is 2. The SMILES string of the molecule is CCC(C)(C)C(=O)OC1C2CC3CC1CC(C(=O)O)(C3)C2.CCC(C)(C)C(=O)OC1C2CC3CC1CC(OCCC(=O)O)(C3)C2.CCC(C)(C)C(=O)OC1CC2CC1C1C(OCCC(=O)O)CCC21.CCC(C)(C)C(=O)OCCC(=O)OC1CC2CC1C1CC(C(=O)O)CC21.CCC(C)(C)C(=O)OCCNS(=O)(=O)C(F)(F)F.CCC(C)(C)C(=O)OCCNS(C)(=O)=O. The molecule has 128 heavy (non-hydrogen) atoms. The van der Waals surface area contributed by atoms with Crippen molar-refractivity contribution in [1.82, 2.24) is 9.44 Å². The van der Waals surface area contributed by atoms with Gasteiger partial charge in [-0.25, -0.2) is 26.3 Å². The van der Waals surface area contributed by atoms with Gasteiger partial charge in [-0.1, -0.05) is 41.5 Å². The molecule has 0 radical (unpaired) electrons. The fourth-order valence-corrected chi connectivity index (χ4v) is 22.5. The van der Waals surface area contributed by atoms with E-state index in [0.29, 0.717) is 103 Å². The van der Waals surface area contributed by atoms with Gasteiger partial charge in [0.1, 0.15) is 44.2 Å². The lowest BCUT2D eigenvalue weighted by atomic mass is 9.48. The van der Waals surface area contributed by atoms with Crippen LogP contribution in [0.2, 0.25) is 0 Å². The van der Waals surface area contributed by atoms with Crippen molar-refractivity contribution in [2.75, 3.05) is 52.4 Å². The van der Waals surface area contributed by atoms with E-state index < -0.39 is 106 Å². The maximum Gasteiger partial charge on any atom is 0.511 e. The van der Waals surface area contributed by atoms with Gasteiger partial charge >= 0.3 is 81.2 Å². The molecule has 14 fully saturated rings. The van der Waals surface area contributed by atoms with Crippen LogP contribution < -0.4 is 9.44 Å². The summed E-state index contributed by atoms with van der Waals surface area (Å²) in [7, 11) is -8.58. The van der Waals surface area contributed by atoms with Crippen molar-refractivity contribution in [2.24, 2.45) is 127 Å². The molecule has 14 saturated carbocycles. The first-order chi connectivity index (χ1) is 59.2. The van der Waals surface area contributed by atoms with Crippen LogP contribution in [0, 0.1) is 127 Å². The molecule has 0 aromatic heterocycles. The van der Waals surface area contributed by atoms with E-state index in [9.17, 15) is 93.0 Å². The number of aliphatic carboxylic acids is 4. The molecule has 0 spiro atoms. The molecule has 0 saturated heterocycles. The van der Waals surface area contributed by atoms with E-state index in [2.05, 4.69) is 9.46 Å². The Morgan fingerprint density at radius 1 is 0.391 bits per heavy atom. The summed E-state index contributed by atoms with van der Waals surface area (Å²) >= 11 is 0. The van der Waals surface area contributed by atoms with Gasteiger partial charge in [-0.2, -0.15) is 13.2 Å². The molecule has 35 heteroatoms. The highest BCUT2D eigenvalue weighted by molar-refractivity contribution is 7.90. The zero-order valence-corrected chi connectivity index (χ0v) is 80.8. The highest BCUT2D eigenvalue weighted by Crippen LogP contribution is 2.64. The third-order valence-electron chi connectivity index (χ3n) is 31.1. The van der Waals surface area contributed by atoms with E-state index in [0.717, 1.165) is 122 Å². The topological polar surface area (TPSA) is 444 Å². The molecule has 16 unspecified atom stereocenters. The van der Waals surface area contributed by atoms with E-state index in [1.807, 2.05) is 90.0 Å². The number of alkyl halides is 3. The summed E-state index contributed by atoms with van der Waals surface area (Å²) in [5.41, 5.74) is -9.15. The molecule has 30 nitrogen and oxygen atoms in total. The Morgan fingerprint density at radius 2 is 0.789 bits per heavy atom. The molecule has 0 aromatic carbocycles. The second-order valence-corrected chi connectivity index (χ2v) is 46.1. The Labute approximate surface area is 755 Å². The number of carbonyl (C=O) groups excluding carboxylic acids is 7. The second kappa shape index (κ2) is 44.2. The summed E-state index contributed by atoms with van der Waals surface area (Å²) < 4.78 is 132. The largest absolute Gasteiger partial charge is 0.511 e. The molecule has 0 amide bonds. The Kier molecular flexibility index (Phi) is 37.6. The first-order valence-corrected chi connectivity index (χ1v) is 50.1. The summed E-state index contributed by atoms with van der Waals surface area (Å²) in [5, 5.41) is 36.5. The van der Waals surface area contributed by atoms with E-state index in [4.69, 9.17) is 48.1 Å². The third-order valence-corrected chi connectivity index (χ3v) is 33.0. The highest BCUT2D eigenvalue weighted by Gasteiger charge is 2.64. The molecule has 0 aliphatic heterocycles. The quantitative estimate of drug-likeness (QED) is 0.0191. The molecular formula is C93H151F3N2O28S2. The van der Waals surface area contributed by atoms with Gasteiger partial charge in [-0.05, 0) is 314 Å². The fourth-order valence-electron chi connectivity index (χ4n) is 21.6.